The normalized spacial score (nSPS) is 29.2. The molecule has 4 unspecified atom stereocenters. The van der Waals surface area contributed by atoms with Gasteiger partial charge in [-0.05, 0) is 0 Å². The number of fused-ring (bicyclic) bond motifs is 1. The molecular formula is C21H30N10O17P4Se. The number of azide groups is 1. The summed E-state index contributed by atoms with van der Waals surface area (Å²) < 4.78 is 70.0. The average Bonchev–Trinajstić information content (AvgIpc) is 3.72. The molecule has 9 N–H and O–H groups in total. The number of ether oxygens (including phenoxy) is 2. The Hall–Kier alpha value is -2.50. The standard InChI is InChI=1S/C21H30N10O17P4Se/c1-9-3-30(21(35)27-19(9)34)13-2-10(28-29-23)11(45-13)4-44-52(42,53)48-51(40,41)47-50(38,39)8-49(36,37)43-5-12-15(32)16(33)20(46-12)31-7-26-14-17(22)24-6-25-18(14)31/h3,6-7,10-13,15-16,20,32-33H,2,4-5,8H2,1H3,(H,36,37)(H,38,39)(H,40,41)(H,42,53)(H2,22,24,25)(H,27,34,35)/t10-,11+,12+,13+,15+,16+,20+,52?/m0/s1. The Bertz CT molecular complexity index is 2170. The van der Waals surface area contributed by atoms with E-state index in [1.165, 1.54) is 24.0 Å². The van der Waals surface area contributed by atoms with Gasteiger partial charge in [-0.15, -0.1) is 0 Å². The Morgan fingerprint density at radius 3 is 2.53 bits per heavy atom. The summed E-state index contributed by atoms with van der Waals surface area (Å²) in [5.74, 6) is -1.79. The zero-order chi connectivity index (χ0) is 39.1. The topological polar surface area (TPSA) is 401 Å². The summed E-state index contributed by atoms with van der Waals surface area (Å²) in [5, 5.41) is 24.6. The number of aliphatic hydroxyl groups excluding tert-OH is 2. The minimum absolute atomic E-state index is 0.0138. The number of nitrogens with zero attached hydrogens (tertiary/aromatic N) is 8. The molecule has 0 radical (unpaired) electrons. The molecule has 0 amide bonds. The Morgan fingerprint density at radius 2 is 1.83 bits per heavy atom. The van der Waals surface area contributed by atoms with E-state index in [4.69, 9.17) is 29.8 Å². The van der Waals surface area contributed by atoms with Crippen molar-refractivity contribution in [3.8, 4) is 0 Å². The van der Waals surface area contributed by atoms with E-state index in [1.807, 2.05) is 15.6 Å². The molecule has 0 spiro atoms. The van der Waals surface area contributed by atoms with Gasteiger partial charge >= 0.3 is 244 Å². The molecule has 0 saturated carbocycles. The third-order valence-electron chi connectivity index (χ3n) is 7.50. The van der Waals surface area contributed by atoms with Crippen LogP contribution in [0.25, 0.3) is 21.6 Å². The number of anilines is 1. The van der Waals surface area contributed by atoms with Crippen LogP contribution in [-0.4, -0.2) is 124 Å². The molecule has 0 bridgehead atoms. The van der Waals surface area contributed by atoms with E-state index in [1.54, 1.807) is 0 Å². The number of hydrogen-bond donors (Lipinski definition) is 8. The van der Waals surface area contributed by atoms with Crippen molar-refractivity contribution in [1.82, 2.24) is 29.1 Å². The number of nitrogens with two attached hydrogens (primary N) is 1. The van der Waals surface area contributed by atoms with E-state index in [0.29, 0.717) is 0 Å². The van der Waals surface area contributed by atoms with Gasteiger partial charge in [0.2, 0.25) is 0 Å². The predicted octanol–water partition coefficient (Wildman–Crippen LogP) is -0.814. The van der Waals surface area contributed by atoms with Crippen LogP contribution >= 0.6 is 29.6 Å². The number of rotatable bonds is 15. The molecule has 5 rings (SSSR count). The first-order valence-electron chi connectivity index (χ1n) is 14.6. The molecule has 32 heteroatoms. The van der Waals surface area contributed by atoms with Gasteiger partial charge in [-0.25, -0.2) is 15.0 Å². The number of H-pyrrole nitrogens is 1. The van der Waals surface area contributed by atoms with Crippen molar-refractivity contribution in [3.05, 3.63) is 55.7 Å². The van der Waals surface area contributed by atoms with Crippen molar-refractivity contribution in [1.29, 1.82) is 0 Å². The van der Waals surface area contributed by atoms with E-state index < -0.39 is 103 Å². The Balaban J connectivity index is 1.15. The number of aryl methyl sites for hydroxylation is 1. The first-order chi connectivity index (χ1) is 24.6. The number of nitrogens with one attached hydrogen (secondary N) is 1. The maximum absolute atomic E-state index is 12.7. The Morgan fingerprint density at radius 1 is 1.11 bits per heavy atom. The van der Waals surface area contributed by atoms with Crippen molar-refractivity contribution >= 4 is 62.2 Å². The van der Waals surface area contributed by atoms with Gasteiger partial charge in [-0.3, -0.25) is 4.57 Å². The number of aliphatic hydroxyl groups is 2. The molecule has 11 atom stereocenters. The molecule has 2 aliphatic heterocycles. The van der Waals surface area contributed by atoms with Crippen LogP contribution in [0, 0.1) is 6.92 Å². The van der Waals surface area contributed by atoms with Crippen molar-refractivity contribution in [2.75, 3.05) is 24.9 Å². The van der Waals surface area contributed by atoms with Gasteiger partial charge in [0.1, 0.15) is 11.8 Å². The predicted molar refractivity (Wildman–Crippen MR) is 176 cm³/mol. The van der Waals surface area contributed by atoms with E-state index >= 15 is 0 Å². The van der Waals surface area contributed by atoms with Gasteiger partial charge in [-0.2, -0.15) is 0 Å². The third-order valence-corrected chi connectivity index (χ3v) is 16.8. The summed E-state index contributed by atoms with van der Waals surface area (Å²) in [5.41, 5.74) is 13.7. The van der Waals surface area contributed by atoms with Gasteiger partial charge in [-0.1, -0.05) is 0 Å². The average molecular weight is 897 g/mol. The van der Waals surface area contributed by atoms with Gasteiger partial charge in [0.05, 0.1) is 6.33 Å². The van der Waals surface area contributed by atoms with Crippen LogP contribution in [0.15, 0.2) is 33.6 Å². The zero-order valence-electron chi connectivity index (χ0n) is 26.6. The second-order valence-electron chi connectivity index (χ2n) is 11.4. The van der Waals surface area contributed by atoms with Gasteiger partial charge in [0.25, 0.3) is 0 Å². The third kappa shape index (κ3) is 10.0. The zero-order valence-corrected chi connectivity index (χ0v) is 31.9. The van der Waals surface area contributed by atoms with E-state index in [-0.39, 0.29) is 29.0 Å². The molecule has 5 heterocycles. The van der Waals surface area contributed by atoms with Crippen LogP contribution < -0.4 is 17.0 Å². The number of imidazole rings is 1. The fourth-order valence-electron chi connectivity index (χ4n) is 5.16. The van der Waals surface area contributed by atoms with Crippen molar-refractivity contribution in [3.63, 3.8) is 0 Å². The van der Waals surface area contributed by atoms with Crippen LogP contribution in [0.5, 0.6) is 0 Å². The number of aromatic amines is 1. The molecular weight excluding hydrogens is 867 g/mol. The Labute approximate surface area is 303 Å². The van der Waals surface area contributed by atoms with Crippen LogP contribution in [0.3, 0.4) is 0 Å². The fraction of sp³-hybridized carbons (Fsp3) is 0.571. The summed E-state index contributed by atoms with van der Waals surface area (Å²) >= 11 is 1.94. The second kappa shape index (κ2) is 15.9. The van der Waals surface area contributed by atoms with E-state index in [9.17, 15) is 53.1 Å². The molecule has 2 fully saturated rings. The Kier molecular flexibility index (Phi) is 12.5. The van der Waals surface area contributed by atoms with Gasteiger partial charge < -0.3 is 10.8 Å². The maximum atomic E-state index is 12.7. The quantitative estimate of drug-likeness (QED) is 0.0304. The molecule has 2 aliphatic rings. The summed E-state index contributed by atoms with van der Waals surface area (Å²) in [6.45, 7) is -4.81. The number of phosphoric acid groups is 1. The van der Waals surface area contributed by atoms with Crippen molar-refractivity contribution in [2.45, 2.75) is 56.3 Å². The van der Waals surface area contributed by atoms with Crippen LogP contribution in [0.2, 0.25) is 0 Å². The monoisotopic (exact) mass is 898 g/mol. The molecule has 3 aromatic heterocycles. The number of aromatic nitrogens is 6. The van der Waals surface area contributed by atoms with Crippen LogP contribution in [-0.2, 0) is 40.8 Å². The summed E-state index contributed by atoms with van der Waals surface area (Å²) in [4.78, 5) is 81.6. The SMILES string of the molecule is Cc1cn([C@H]2C[C@H](N=[N+]=[N-])[C@@H](CO[P+](O)([Se-])OP(=O)(O)OP(=O)(O)CP(=O)(O)OC[C@H]3O[C@@H](n4cnc5c(N)ncnc54)[C@H](O)[C@@H]3O)O2)c(=O)[nH]c1=O. The van der Waals surface area contributed by atoms with Crippen LogP contribution in [0.4, 0.5) is 5.82 Å². The van der Waals surface area contributed by atoms with E-state index in [2.05, 4.69) is 38.6 Å². The number of hydrogen-bond acceptors (Lipinski definition) is 19. The summed E-state index contributed by atoms with van der Waals surface area (Å²) in [6, 6.07) is -1.03. The minimum atomic E-state index is -5.79. The molecule has 3 aromatic rings. The van der Waals surface area contributed by atoms with Gasteiger partial charge in [0.15, 0.2) is 11.5 Å². The summed E-state index contributed by atoms with van der Waals surface area (Å²) in [7, 11) is -16.6. The number of nitrogen functional groups attached to an aromatic ring is 1. The molecule has 27 nitrogen and oxygen atoms in total. The molecule has 53 heavy (non-hydrogen) atoms. The van der Waals surface area contributed by atoms with E-state index in [0.717, 1.165) is 10.9 Å². The second-order valence-corrected chi connectivity index (χ2v) is 21.6. The fourth-order valence-corrected chi connectivity index (χ4v) is 13.6. The molecule has 292 valence electrons. The van der Waals surface area contributed by atoms with Crippen LogP contribution in [0.1, 0.15) is 24.4 Å². The van der Waals surface area contributed by atoms with Gasteiger partial charge in [0, 0.05) is 0 Å². The van der Waals surface area contributed by atoms with Crippen molar-refractivity contribution < 1.29 is 70.6 Å². The molecule has 2 saturated heterocycles. The van der Waals surface area contributed by atoms with Crippen molar-refractivity contribution in [2.24, 2.45) is 5.11 Å². The summed E-state index contributed by atoms with van der Waals surface area (Å²) in [6.07, 6.45) is -5.09. The molecule has 0 aliphatic carbocycles. The molecule has 0 aromatic carbocycles. The first-order valence-corrected chi connectivity index (χ1v) is 23.4. The first kappa shape index (κ1) is 41.7.